The highest BCUT2D eigenvalue weighted by Crippen LogP contribution is 2.34. The number of esters is 3. The van der Waals surface area contributed by atoms with E-state index in [2.05, 4.69) is 37.9 Å². The van der Waals surface area contributed by atoms with Gasteiger partial charge in [0.2, 0.25) is 0 Å². The van der Waals surface area contributed by atoms with Gasteiger partial charge in [0.1, 0.15) is 0 Å². The van der Waals surface area contributed by atoms with Gasteiger partial charge < -0.3 is 29.5 Å². The zero-order valence-electron chi connectivity index (χ0n) is 14.7. The van der Waals surface area contributed by atoms with E-state index in [1.54, 1.807) is 0 Å². The van der Waals surface area contributed by atoms with Crippen LogP contribution in [0.2, 0.25) is 0 Å². The summed E-state index contributed by atoms with van der Waals surface area (Å²) in [4.78, 5) is 36.1. The molecule has 0 rings (SSSR count). The molecular formula is C15H26O9S3. The van der Waals surface area contributed by atoms with E-state index in [9.17, 15) is 29.7 Å². The minimum absolute atomic E-state index is 0.106. The Morgan fingerprint density at radius 1 is 0.667 bits per heavy atom. The summed E-state index contributed by atoms with van der Waals surface area (Å²) in [6.45, 7) is -2.29. The van der Waals surface area contributed by atoms with Gasteiger partial charge in [-0.1, -0.05) is 0 Å². The molecule has 0 radical (unpaired) electrons. The molecule has 0 aliphatic carbocycles. The summed E-state index contributed by atoms with van der Waals surface area (Å²) in [5, 5.41) is 28.7. The number of hydrogen-bond donors (Lipinski definition) is 6. The average Bonchev–Trinajstić information content (AvgIpc) is 2.60. The molecule has 3 N–H and O–H groups in total. The molecule has 0 aliphatic rings. The molecule has 9 nitrogen and oxygen atoms in total. The second-order valence-electron chi connectivity index (χ2n) is 5.68. The van der Waals surface area contributed by atoms with Crippen LogP contribution in [0.15, 0.2) is 0 Å². The van der Waals surface area contributed by atoms with Gasteiger partial charge in [0.15, 0.2) is 0 Å². The van der Waals surface area contributed by atoms with Crippen LogP contribution in [0.25, 0.3) is 0 Å². The molecule has 158 valence electrons. The van der Waals surface area contributed by atoms with Crippen molar-refractivity contribution in [2.45, 2.75) is 31.7 Å². The molecular weight excluding hydrogens is 420 g/mol. The fourth-order valence-corrected chi connectivity index (χ4v) is 2.44. The maximum absolute atomic E-state index is 12.0. The Morgan fingerprint density at radius 3 is 1.19 bits per heavy atom. The van der Waals surface area contributed by atoms with Crippen molar-refractivity contribution in [3.8, 4) is 0 Å². The van der Waals surface area contributed by atoms with Gasteiger partial charge in [0, 0.05) is 17.3 Å². The summed E-state index contributed by atoms with van der Waals surface area (Å²) in [5.74, 6) is -4.95. The van der Waals surface area contributed by atoms with E-state index in [-0.39, 0.29) is 36.5 Å². The van der Waals surface area contributed by atoms with Crippen LogP contribution in [0, 0.1) is 5.41 Å². The Morgan fingerprint density at radius 2 is 0.963 bits per heavy atom. The van der Waals surface area contributed by atoms with E-state index in [4.69, 9.17) is 14.2 Å². The highest BCUT2D eigenvalue weighted by atomic mass is 32.1. The molecule has 0 heterocycles. The molecule has 0 aromatic heterocycles. The first-order valence-electron chi connectivity index (χ1n) is 8.06. The van der Waals surface area contributed by atoms with Crippen molar-refractivity contribution in [2.24, 2.45) is 5.41 Å². The lowest BCUT2D eigenvalue weighted by Gasteiger charge is -2.38. The summed E-state index contributed by atoms with van der Waals surface area (Å²) in [6.07, 6.45) is -1.26. The summed E-state index contributed by atoms with van der Waals surface area (Å²) < 4.78 is 15.3. The molecule has 27 heavy (non-hydrogen) atoms. The van der Waals surface area contributed by atoms with Crippen molar-refractivity contribution in [2.75, 3.05) is 37.1 Å². The number of carbonyl (C=O) groups excluding carboxylic acids is 3. The van der Waals surface area contributed by atoms with Gasteiger partial charge in [-0.2, -0.15) is 37.9 Å². The maximum Gasteiger partial charge on any atom is 0.424 e. The van der Waals surface area contributed by atoms with Crippen molar-refractivity contribution in [3.63, 3.8) is 0 Å². The van der Waals surface area contributed by atoms with Crippen LogP contribution in [0.1, 0.15) is 25.7 Å². The molecule has 0 atom stereocenters. The first kappa shape index (κ1) is 26.3. The Kier molecular flexibility index (Phi) is 13.2. The third kappa shape index (κ3) is 9.39. The quantitative estimate of drug-likeness (QED) is 0.119. The predicted molar refractivity (Wildman–Crippen MR) is 105 cm³/mol. The smallest absolute Gasteiger partial charge is 0.396 e. The molecule has 0 saturated heterocycles. The van der Waals surface area contributed by atoms with E-state index in [1.165, 1.54) is 0 Å². The molecule has 0 bridgehead atoms. The SMILES string of the molecule is O=C(CCS)OC(CC(CO)(CO)CO)(OC(=O)CCS)OC(=O)CCS. The molecule has 0 amide bonds. The van der Waals surface area contributed by atoms with Crippen LogP contribution in [0.4, 0.5) is 0 Å². The highest BCUT2D eigenvalue weighted by molar-refractivity contribution is 7.80. The molecule has 0 spiro atoms. The number of carbonyl (C=O) groups is 3. The van der Waals surface area contributed by atoms with E-state index in [0.29, 0.717) is 0 Å². The fourth-order valence-electron chi connectivity index (χ4n) is 1.90. The molecule has 0 fully saturated rings. The van der Waals surface area contributed by atoms with Crippen molar-refractivity contribution in [1.82, 2.24) is 0 Å². The summed E-state index contributed by atoms with van der Waals surface area (Å²) >= 11 is 11.7. The minimum atomic E-state index is -2.58. The van der Waals surface area contributed by atoms with E-state index in [0.717, 1.165) is 0 Å². The van der Waals surface area contributed by atoms with Gasteiger partial charge in [-0.15, -0.1) is 0 Å². The highest BCUT2D eigenvalue weighted by Gasteiger charge is 2.50. The number of aliphatic hydroxyl groups is 3. The van der Waals surface area contributed by atoms with Crippen LogP contribution < -0.4 is 0 Å². The molecule has 0 aromatic rings. The first-order valence-corrected chi connectivity index (χ1v) is 9.96. The first-order chi connectivity index (χ1) is 12.8. The van der Waals surface area contributed by atoms with E-state index >= 15 is 0 Å². The van der Waals surface area contributed by atoms with E-state index in [1.807, 2.05) is 0 Å². The predicted octanol–water partition coefficient (Wildman–Crippen LogP) is -0.417. The molecule has 0 aromatic carbocycles. The number of aliphatic hydroxyl groups excluding tert-OH is 3. The Bertz CT molecular complexity index is 425. The summed E-state index contributed by atoms with van der Waals surface area (Å²) in [5.41, 5.74) is -1.66. The Balaban J connectivity index is 5.95. The van der Waals surface area contributed by atoms with E-state index < -0.39 is 55.5 Å². The topological polar surface area (TPSA) is 140 Å². The number of ether oxygens (including phenoxy) is 3. The minimum Gasteiger partial charge on any atom is -0.396 e. The third-order valence-corrected chi connectivity index (χ3v) is 4.02. The van der Waals surface area contributed by atoms with Crippen molar-refractivity contribution < 1.29 is 43.9 Å². The molecule has 0 saturated carbocycles. The summed E-state index contributed by atoms with van der Waals surface area (Å²) in [6, 6.07) is 0. The lowest BCUT2D eigenvalue weighted by Crippen LogP contribution is -2.51. The lowest BCUT2D eigenvalue weighted by atomic mass is 9.86. The normalized spacial score (nSPS) is 11.8. The Labute approximate surface area is 174 Å². The average molecular weight is 447 g/mol. The van der Waals surface area contributed by atoms with Gasteiger partial charge >= 0.3 is 23.9 Å². The van der Waals surface area contributed by atoms with Crippen LogP contribution >= 0.6 is 37.9 Å². The van der Waals surface area contributed by atoms with Crippen LogP contribution in [0.3, 0.4) is 0 Å². The molecule has 12 heteroatoms. The zero-order valence-corrected chi connectivity index (χ0v) is 17.4. The fraction of sp³-hybridized carbons (Fsp3) is 0.800. The second kappa shape index (κ2) is 13.5. The lowest BCUT2D eigenvalue weighted by molar-refractivity contribution is -0.344. The standard InChI is InChI=1S/C15H26O9S3/c16-8-14(9-17,10-18)7-15(22-11(19)1-4-25,23-12(20)2-5-26)24-13(21)3-6-27/h16-18,25-27H,1-10H2. The number of hydrogen-bond acceptors (Lipinski definition) is 12. The van der Waals surface area contributed by atoms with Crippen LogP contribution in [0.5, 0.6) is 0 Å². The largest absolute Gasteiger partial charge is 0.424 e. The molecule has 0 unspecified atom stereocenters. The van der Waals surface area contributed by atoms with Crippen molar-refractivity contribution in [3.05, 3.63) is 0 Å². The number of rotatable bonds is 14. The van der Waals surface area contributed by atoms with Crippen molar-refractivity contribution in [1.29, 1.82) is 0 Å². The van der Waals surface area contributed by atoms with Gasteiger partial charge in [-0.3, -0.25) is 14.4 Å². The summed E-state index contributed by atoms with van der Waals surface area (Å²) in [7, 11) is 0. The second-order valence-corrected chi connectivity index (χ2v) is 7.02. The van der Waals surface area contributed by atoms with Gasteiger partial charge in [0.25, 0.3) is 0 Å². The molecule has 0 aliphatic heterocycles. The monoisotopic (exact) mass is 446 g/mol. The Hall–Kier alpha value is -0.660. The van der Waals surface area contributed by atoms with Gasteiger partial charge in [0.05, 0.1) is 50.9 Å². The maximum atomic E-state index is 12.0. The van der Waals surface area contributed by atoms with Crippen LogP contribution in [-0.4, -0.2) is 76.3 Å². The third-order valence-electron chi connectivity index (χ3n) is 3.35. The number of thiol groups is 3. The van der Waals surface area contributed by atoms with Crippen LogP contribution in [-0.2, 0) is 28.6 Å². The van der Waals surface area contributed by atoms with Gasteiger partial charge in [-0.25, -0.2) is 0 Å². The van der Waals surface area contributed by atoms with Gasteiger partial charge in [-0.05, 0) is 0 Å². The zero-order chi connectivity index (χ0) is 20.9. The van der Waals surface area contributed by atoms with Crippen molar-refractivity contribution >= 4 is 55.8 Å².